The minimum Gasteiger partial charge on any atom is -0.478 e. The highest BCUT2D eigenvalue weighted by molar-refractivity contribution is 7.15. The van der Waals surface area contributed by atoms with E-state index in [1.807, 2.05) is 0 Å². The molecule has 0 saturated carbocycles. The number of anilines is 2. The topological polar surface area (TPSA) is 108 Å². The Morgan fingerprint density at radius 1 is 0.966 bits per heavy atom. The van der Waals surface area contributed by atoms with E-state index in [0.29, 0.717) is 22.3 Å². The molecule has 0 bridgehead atoms. The summed E-state index contributed by atoms with van der Waals surface area (Å²) in [5, 5.41) is 14.7. The number of benzene rings is 2. The quantitative estimate of drug-likeness (QED) is 0.363. The monoisotopic (exact) mass is 429 g/mol. The highest BCUT2D eigenvalue weighted by Crippen LogP contribution is 2.19. The molecule has 0 aliphatic carbocycles. The van der Waals surface area contributed by atoms with Gasteiger partial charge in [0.1, 0.15) is 0 Å². The van der Waals surface area contributed by atoms with Gasteiger partial charge in [0.15, 0.2) is 10.3 Å². The van der Waals surface area contributed by atoms with Crippen molar-refractivity contribution >= 4 is 52.0 Å². The van der Waals surface area contributed by atoms with E-state index in [9.17, 15) is 14.4 Å². The molecule has 0 unspecified atom stereocenters. The van der Waals surface area contributed by atoms with Gasteiger partial charge in [-0.15, -0.1) is 11.3 Å². The molecule has 1 amide bonds. The standard InChI is InChI=1S/C20H16ClN3O4S/c21-20-23-11-16(29-20)10-22-14-5-1-12(2-6-14)17(25)9-18(26)24-15-7-3-13(4-8-15)19(27)28/h1-8,11,22H,9-10H2,(H,24,26)(H,27,28). The molecule has 0 aliphatic heterocycles. The molecule has 1 aromatic heterocycles. The van der Waals surface area contributed by atoms with Crippen LogP contribution in [0.5, 0.6) is 0 Å². The molecule has 1 heterocycles. The fourth-order valence-corrected chi connectivity index (χ4v) is 3.40. The smallest absolute Gasteiger partial charge is 0.335 e. The van der Waals surface area contributed by atoms with Crippen molar-refractivity contribution in [2.24, 2.45) is 0 Å². The first kappa shape index (κ1) is 20.5. The lowest BCUT2D eigenvalue weighted by Crippen LogP contribution is -2.16. The third-order valence-corrected chi connectivity index (χ3v) is 5.05. The van der Waals surface area contributed by atoms with Crippen LogP contribution >= 0.6 is 22.9 Å². The van der Waals surface area contributed by atoms with Crippen molar-refractivity contribution in [3.05, 3.63) is 75.2 Å². The van der Waals surface area contributed by atoms with Crippen LogP contribution in [0.15, 0.2) is 54.7 Å². The second-order valence-electron chi connectivity index (χ2n) is 6.04. The number of aromatic nitrogens is 1. The zero-order valence-electron chi connectivity index (χ0n) is 15.0. The summed E-state index contributed by atoms with van der Waals surface area (Å²) in [7, 11) is 0. The maximum absolute atomic E-state index is 12.3. The lowest BCUT2D eigenvalue weighted by atomic mass is 10.1. The van der Waals surface area contributed by atoms with Gasteiger partial charge in [0, 0.05) is 28.0 Å². The van der Waals surface area contributed by atoms with Gasteiger partial charge in [0.25, 0.3) is 0 Å². The third kappa shape index (κ3) is 5.87. The van der Waals surface area contributed by atoms with Gasteiger partial charge in [-0.3, -0.25) is 9.59 Å². The summed E-state index contributed by atoms with van der Waals surface area (Å²) in [5.41, 5.74) is 1.79. The molecule has 0 saturated heterocycles. The van der Waals surface area contributed by atoms with Gasteiger partial charge < -0.3 is 15.7 Å². The first-order valence-electron chi connectivity index (χ1n) is 8.51. The molecule has 0 spiro atoms. The number of aromatic carboxylic acids is 1. The number of Topliss-reactive ketones (excluding diaryl/α,β-unsaturated/α-hetero) is 1. The number of amides is 1. The number of ketones is 1. The Balaban J connectivity index is 1.51. The van der Waals surface area contributed by atoms with Crippen LogP contribution in [0.4, 0.5) is 11.4 Å². The van der Waals surface area contributed by atoms with E-state index in [4.69, 9.17) is 16.7 Å². The maximum atomic E-state index is 12.3. The minimum absolute atomic E-state index is 0.117. The van der Waals surface area contributed by atoms with Crippen LogP contribution in [0, 0.1) is 0 Å². The van der Waals surface area contributed by atoms with E-state index in [1.54, 1.807) is 30.5 Å². The van der Waals surface area contributed by atoms with Crippen LogP contribution in [-0.4, -0.2) is 27.8 Å². The third-order valence-electron chi connectivity index (χ3n) is 3.94. The predicted molar refractivity (Wildman–Crippen MR) is 112 cm³/mol. The number of carbonyl (C=O) groups is 3. The number of rotatable bonds is 8. The zero-order valence-corrected chi connectivity index (χ0v) is 16.6. The Hall–Kier alpha value is -3.23. The Morgan fingerprint density at radius 3 is 2.17 bits per heavy atom. The number of hydrogen-bond donors (Lipinski definition) is 3. The SMILES string of the molecule is O=C(CC(=O)c1ccc(NCc2cnc(Cl)s2)cc1)Nc1ccc(C(=O)O)cc1. The van der Waals surface area contributed by atoms with Crippen molar-refractivity contribution in [2.45, 2.75) is 13.0 Å². The molecule has 7 nitrogen and oxygen atoms in total. The van der Waals surface area contributed by atoms with E-state index >= 15 is 0 Å². The molecular weight excluding hydrogens is 414 g/mol. The van der Waals surface area contributed by atoms with Crippen LogP contribution in [0.3, 0.4) is 0 Å². The summed E-state index contributed by atoms with van der Waals surface area (Å²) >= 11 is 7.18. The van der Waals surface area contributed by atoms with Gasteiger partial charge in [-0.2, -0.15) is 0 Å². The highest BCUT2D eigenvalue weighted by Gasteiger charge is 2.12. The van der Waals surface area contributed by atoms with E-state index in [2.05, 4.69) is 15.6 Å². The summed E-state index contributed by atoms with van der Waals surface area (Å²) in [6, 6.07) is 12.5. The summed E-state index contributed by atoms with van der Waals surface area (Å²) in [5.74, 6) is -1.83. The van der Waals surface area contributed by atoms with Gasteiger partial charge in [0.05, 0.1) is 18.5 Å². The molecule has 3 aromatic rings. The summed E-state index contributed by atoms with van der Waals surface area (Å²) in [4.78, 5) is 40.2. The number of nitrogens with zero attached hydrogens (tertiary/aromatic N) is 1. The average molecular weight is 430 g/mol. The normalized spacial score (nSPS) is 10.4. The number of hydrogen-bond acceptors (Lipinski definition) is 6. The van der Waals surface area contributed by atoms with E-state index in [-0.39, 0.29) is 17.8 Å². The molecule has 0 aliphatic rings. The Kier molecular flexibility index (Phi) is 6.58. The van der Waals surface area contributed by atoms with E-state index < -0.39 is 11.9 Å². The zero-order chi connectivity index (χ0) is 20.8. The first-order valence-corrected chi connectivity index (χ1v) is 9.71. The van der Waals surface area contributed by atoms with Crippen LogP contribution in [-0.2, 0) is 11.3 Å². The van der Waals surface area contributed by atoms with Crippen LogP contribution < -0.4 is 10.6 Å². The largest absolute Gasteiger partial charge is 0.478 e. The van der Waals surface area contributed by atoms with Gasteiger partial charge in [-0.1, -0.05) is 11.6 Å². The van der Waals surface area contributed by atoms with Gasteiger partial charge in [-0.25, -0.2) is 9.78 Å². The average Bonchev–Trinajstić information content (AvgIpc) is 3.12. The van der Waals surface area contributed by atoms with Gasteiger partial charge in [-0.05, 0) is 48.5 Å². The second-order valence-corrected chi connectivity index (χ2v) is 7.74. The van der Waals surface area contributed by atoms with Crippen molar-refractivity contribution in [3.63, 3.8) is 0 Å². The number of carboxylic acid groups (broad SMARTS) is 1. The number of carboxylic acids is 1. The first-order chi connectivity index (χ1) is 13.9. The molecule has 3 N–H and O–H groups in total. The fraction of sp³-hybridized carbons (Fsp3) is 0.100. The molecule has 0 fully saturated rings. The number of nitrogens with one attached hydrogen (secondary N) is 2. The van der Waals surface area contributed by atoms with Crippen molar-refractivity contribution in [1.29, 1.82) is 0 Å². The molecule has 0 atom stereocenters. The molecule has 0 radical (unpaired) electrons. The number of thiazole rings is 1. The molecule has 3 rings (SSSR count). The van der Waals surface area contributed by atoms with E-state index in [0.717, 1.165) is 10.6 Å². The number of carbonyl (C=O) groups excluding carboxylic acids is 2. The van der Waals surface area contributed by atoms with Crippen molar-refractivity contribution in [2.75, 3.05) is 10.6 Å². The maximum Gasteiger partial charge on any atom is 0.335 e. The van der Waals surface area contributed by atoms with Gasteiger partial charge in [0.2, 0.25) is 5.91 Å². The lowest BCUT2D eigenvalue weighted by molar-refractivity contribution is -0.115. The molecule has 2 aromatic carbocycles. The Morgan fingerprint density at radius 2 is 1.59 bits per heavy atom. The Bertz CT molecular complexity index is 1030. The predicted octanol–water partition coefficient (Wildman–Crippen LogP) is 4.32. The van der Waals surface area contributed by atoms with Crippen molar-refractivity contribution in [1.82, 2.24) is 4.98 Å². The fourth-order valence-electron chi connectivity index (χ4n) is 2.48. The Labute approximate surface area is 175 Å². The van der Waals surface area contributed by atoms with Crippen molar-refractivity contribution < 1.29 is 19.5 Å². The highest BCUT2D eigenvalue weighted by atomic mass is 35.5. The van der Waals surface area contributed by atoms with Crippen LogP contribution in [0.2, 0.25) is 4.47 Å². The van der Waals surface area contributed by atoms with Crippen LogP contribution in [0.25, 0.3) is 0 Å². The number of halogens is 1. The molecule has 9 heteroatoms. The second kappa shape index (κ2) is 9.31. The summed E-state index contributed by atoms with van der Waals surface area (Å²) in [6.07, 6.45) is 1.39. The minimum atomic E-state index is -1.05. The van der Waals surface area contributed by atoms with E-state index in [1.165, 1.54) is 35.6 Å². The lowest BCUT2D eigenvalue weighted by Gasteiger charge is -2.07. The van der Waals surface area contributed by atoms with Gasteiger partial charge >= 0.3 is 5.97 Å². The summed E-state index contributed by atoms with van der Waals surface area (Å²) < 4.78 is 0.485. The van der Waals surface area contributed by atoms with Crippen LogP contribution in [0.1, 0.15) is 32.0 Å². The molecule has 29 heavy (non-hydrogen) atoms. The van der Waals surface area contributed by atoms with Crippen molar-refractivity contribution in [3.8, 4) is 0 Å². The summed E-state index contributed by atoms with van der Waals surface area (Å²) in [6.45, 7) is 0.570. The molecular formula is C20H16ClN3O4S. The molecule has 148 valence electrons.